The van der Waals surface area contributed by atoms with Crippen LogP contribution in [0.25, 0.3) is 0 Å². The highest BCUT2D eigenvalue weighted by Crippen LogP contribution is 2.39. The lowest BCUT2D eigenvalue weighted by molar-refractivity contribution is -0.153. The van der Waals surface area contributed by atoms with Gasteiger partial charge >= 0.3 is 5.97 Å². The number of aromatic nitrogens is 2. The van der Waals surface area contributed by atoms with E-state index in [1.165, 1.54) is 6.20 Å². The van der Waals surface area contributed by atoms with E-state index in [1.54, 1.807) is 0 Å². The molecule has 4 rings (SSSR count). The van der Waals surface area contributed by atoms with Crippen LogP contribution in [0.4, 0.5) is 16.2 Å². The van der Waals surface area contributed by atoms with E-state index in [0.29, 0.717) is 58.2 Å². The third-order valence-corrected chi connectivity index (χ3v) is 5.75. The Morgan fingerprint density at radius 3 is 2.92 bits per heavy atom. The molecule has 0 aromatic carbocycles. The van der Waals surface area contributed by atoms with Gasteiger partial charge in [-0.15, -0.1) is 0 Å². The molecule has 26 heavy (non-hydrogen) atoms. The van der Waals surface area contributed by atoms with E-state index in [4.69, 9.17) is 4.74 Å². The Bertz CT molecular complexity index is 684. The molecule has 9 heteroatoms. The molecule has 1 aromatic heterocycles. The average Bonchev–Trinajstić information content (AvgIpc) is 2.68. The molecule has 0 bridgehead atoms. The Hall–Kier alpha value is -2.00. The number of nitrogens with one attached hydrogen (secondary N) is 1. The van der Waals surface area contributed by atoms with Crippen molar-refractivity contribution in [1.82, 2.24) is 15.3 Å². The van der Waals surface area contributed by atoms with Gasteiger partial charge in [0.1, 0.15) is 5.41 Å². The van der Waals surface area contributed by atoms with Gasteiger partial charge in [-0.2, -0.15) is 4.98 Å². The van der Waals surface area contributed by atoms with Crippen LogP contribution >= 0.6 is 0 Å². The summed E-state index contributed by atoms with van der Waals surface area (Å²) in [5, 5.41) is 13.3. The number of nitrogens with zero attached hydrogens (tertiary/aromatic N) is 4. The second-order valence-corrected chi connectivity index (χ2v) is 7.22. The quantitative estimate of drug-likeness (QED) is 0.800. The number of carboxylic acids is 1. The maximum Gasteiger partial charge on any atom is 0.313 e. The molecule has 3 aliphatic heterocycles. The highest BCUT2D eigenvalue weighted by molar-refractivity contribution is 5.77. The van der Waals surface area contributed by atoms with Crippen molar-refractivity contribution >= 4 is 17.7 Å². The minimum atomic E-state index is -0.840. The third kappa shape index (κ3) is 2.99. The Morgan fingerprint density at radius 1 is 1.35 bits per heavy atom. The van der Waals surface area contributed by atoms with Crippen LogP contribution in [0.15, 0.2) is 6.20 Å². The van der Waals surface area contributed by atoms with Gasteiger partial charge in [0.15, 0.2) is 11.6 Å². The number of hydrogen-bond donors (Lipinski definition) is 2. The Balaban J connectivity index is 1.60. The number of halogens is 1. The molecule has 4 heterocycles. The standard InChI is InChI=1S/C17H24FN5O3/c18-12-10-20-16(21-14(12)22-6-8-26-9-7-22)23-5-2-13-17(11-23,15(24)25)3-1-4-19-13/h10,13,19H,1-9,11H2,(H,24,25). The molecule has 0 saturated carbocycles. The molecule has 2 atom stereocenters. The van der Waals surface area contributed by atoms with Crippen LogP contribution in [-0.2, 0) is 9.53 Å². The zero-order valence-corrected chi connectivity index (χ0v) is 14.7. The predicted octanol–water partition coefficient (Wildman–Crippen LogP) is 0.485. The molecule has 3 aliphatic rings. The van der Waals surface area contributed by atoms with Crippen LogP contribution in [0.2, 0.25) is 0 Å². The second-order valence-electron chi connectivity index (χ2n) is 7.22. The number of ether oxygens (including phenoxy) is 1. The van der Waals surface area contributed by atoms with Crippen molar-refractivity contribution in [2.24, 2.45) is 5.41 Å². The van der Waals surface area contributed by atoms with Gasteiger partial charge in [-0.1, -0.05) is 0 Å². The van der Waals surface area contributed by atoms with Crippen molar-refractivity contribution in [3.63, 3.8) is 0 Å². The van der Waals surface area contributed by atoms with E-state index in [9.17, 15) is 14.3 Å². The first-order chi connectivity index (χ1) is 12.6. The number of rotatable bonds is 3. The fourth-order valence-electron chi connectivity index (χ4n) is 4.31. The first kappa shape index (κ1) is 17.4. The monoisotopic (exact) mass is 365 g/mol. The van der Waals surface area contributed by atoms with Crippen LogP contribution in [0.3, 0.4) is 0 Å². The van der Waals surface area contributed by atoms with E-state index in [0.717, 1.165) is 13.0 Å². The highest BCUT2D eigenvalue weighted by Gasteiger charge is 2.51. The van der Waals surface area contributed by atoms with Crippen molar-refractivity contribution in [3.8, 4) is 0 Å². The normalized spacial score (nSPS) is 29.3. The van der Waals surface area contributed by atoms with Gasteiger partial charge in [0.25, 0.3) is 0 Å². The summed E-state index contributed by atoms with van der Waals surface area (Å²) in [6.45, 7) is 4.09. The van der Waals surface area contributed by atoms with Gasteiger partial charge in [0.05, 0.1) is 19.4 Å². The molecule has 0 radical (unpaired) electrons. The zero-order chi connectivity index (χ0) is 18.1. The Kier molecular flexibility index (Phi) is 4.66. The topological polar surface area (TPSA) is 90.8 Å². The van der Waals surface area contributed by atoms with Crippen molar-refractivity contribution in [2.75, 3.05) is 55.7 Å². The lowest BCUT2D eigenvalue weighted by Crippen LogP contribution is -2.63. The highest BCUT2D eigenvalue weighted by atomic mass is 19.1. The summed E-state index contributed by atoms with van der Waals surface area (Å²) in [5.74, 6) is -0.572. The number of piperidine rings is 2. The molecule has 142 valence electrons. The number of carboxylic acid groups (broad SMARTS) is 1. The van der Waals surface area contributed by atoms with E-state index >= 15 is 0 Å². The van der Waals surface area contributed by atoms with E-state index in [-0.39, 0.29) is 11.9 Å². The van der Waals surface area contributed by atoms with Gasteiger partial charge in [0.2, 0.25) is 5.95 Å². The minimum Gasteiger partial charge on any atom is -0.481 e. The summed E-state index contributed by atoms with van der Waals surface area (Å²) in [7, 11) is 0. The molecular formula is C17H24FN5O3. The summed E-state index contributed by atoms with van der Waals surface area (Å²) in [6, 6.07) is -0.0378. The van der Waals surface area contributed by atoms with Crippen molar-refractivity contribution in [2.45, 2.75) is 25.3 Å². The molecule has 1 aromatic rings. The summed E-state index contributed by atoms with van der Waals surface area (Å²) < 4.78 is 19.6. The maximum absolute atomic E-state index is 14.3. The number of hydrogen-bond acceptors (Lipinski definition) is 7. The van der Waals surface area contributed by atoms with Gasteiger partial charge in [-0.3, -0.25) is 4.79 Å². The molecule has 8 nitrogen and oxygen atoms in total. The predicted molar refractivity (Wildman–Crippen MR) is 92.9 cm³/mol. The Morgan fingerprint density at radius 2 is 2.15 bits per heavy atom. The van der Waals surface area contributed by atoms with Crippen molar-refractivity contribution in [1.29, 1.82) is 0 Å². The molecule has 3 saturated heterocycles. The van der Waals surface area contributed by atoms with Crippen LogP contribution in [-0.4, -0.2) is 73.0 Å². The molecule has 3 fully saturated rings. The molecular weight excluding hydrogens is 341 g/mol. The van der Waals surface area contributed by atoms with Crippen molar-refractivity contribution in [3.05, 3.63) is 12.0 Å². The van der Waals surface area contributed by atoms with Crippen LogP contribution in [0.1, 0.15) is 19.3 Å². The number of anilines is 2. The fourth-order valence-corrected chi connectivity index (χ4v) is 4.31. The molecule has 0 aliphatic carbocycles. The van der Waals surface area contributed by atoms with E-state index in [2.05, 4.69) is 15.3 Å². The third-order valence-electron chi connectivity index (χ3n) is 5.75. The van der Waals surface area contributed by atoms with Crippen molar-refractivity contribution < 1.29 is 19.0 Å². The lowest BCUT2D eigenvalue weighted by Gasteiger charge is -2.48. The Labute approximate surface area is 151 Å². The largest absolute Gasteiger partial charge is 0.481 e. The van der Waals surface area contributed by atoms with Gasteiger partial charge < -0.3 is 25.0 Å². The van der Waals surface area contributed by atoms with Gasteiger partial charge in [-0.05, 0) is 25.8 Å². The first-order valence-corrected chi connectivity index (χ1v) is 9.17. The van der Waals surface area contributed by atoms with Gasteiger partial charge in [0, 0.05) is 32.2 Å². The van der Waals surface area contributed by atoms with Crippen LogP contribution in [0.5, 0.6) is 0 Å². The lowest BCUT2D eigenvalue weighted by atomic mass is 9.70. The molecule has 2 unspecified atom stereocenters. The number of carbonyl (C=O) groups is 1. The fraction of sp³-hybridized carbons (Fsp3) is 0.706. The van der Waals surface area contributed by atoms with E-state index < -0.39 is 17.2 Å². The van der Waals surface area contributed by atoms with E-state index in [1.807, 2.05) is 9.80 Å². The van der Waals surface area contributed by atoms with Crippen LogP contribution < -0.4 is 15.1 Å². The number of aliphatic carboxylic acids is 1. The second kappa shape index (κ2) is 6.96. The SMILES string of the molecule is O=C(O)C12CCCNC1CCN(c1ncc(F)c(N3CCOCC3)n1)C2. The maximum atomic E-state index is 14.3. The molecule has 2 N–H and O–H groups in total. The number of fused-ring (bicyclic) bond motifs is 1. The summed E-state index contributed by atoms with van der Waals surface area (Å²) in [4.78, 5) is 24.4. The molecule has 0 spiro atoms. The minimum absolute atomic E-state index is 0.0378. The summed E-state index contributed by atoms with van der Waals surface area (Å²) in [5.41, 5.74) is -0.840. The van der Waals surface area contributed by atoms with Crippen LogP contribution in [0, 0.1) is 11.2 Å². The molecule has 0 amide bonds. The first-order valence-electron chi connectivity index (χ1n) is 9.17. The zero-order valence-electron chi connectivity index (χ0n) is 14.7. The smallest absolute Gasteiger partial charge is 0.313 e. The number of morpholine rings is 1. The average molecular weight is 365 g/mol. The summed E-state index contributed by atoms with van der Waals surface area (Å²) >= 11 is 0. The van der Waals surface area contributed by atoms with Gasteiger partial charge in [-0.25, -0.2) is 9.37 Å². The summed E-state index contributed by atoms with van der Waals surface area (Å²) in [6.07, 6.45) is 3.36.